The molecule has 0 spiro atoms. The highest BCUT2D eigenvalue weighted by Crippen LogP contribution is 2.40. The summed E-state index contributed by atoms with van der Waals surface area (Å²) in [4.78, 5) is 1.75. The van der Waals surface area contributed by atoms with Gasteiger partial charge in [0.25, 0.3) is 10.1 Å². The van der Waals surface area contributed by atoms with E-state index >= 15 is 0 Å². The highest BCUT2D eigenvalue weighted by Gasteiger charge is 2.33. The molecule has 0 heterocycles. The van der Waals surface area contributed by atoms with Crippen LogP contribution in [0.2, 0.25) is 0 Å². The van der Waals surface area contributed by atoms with Crippen LogP contribution in [-0.4, -0.2) is 32.1 Å². The molecule has 10 heteroatoms. The largest absolute Gasteiger partial charge is 0.508 e. The zero-order valence-corrected chi connectivity index (χ0v) is 29.3. The summed E-state index contributed by atoms with van der Waals surface area (Å²) in [5.74, 6) is 1.02. The van der Waals surface area contributed by atoms with Crippen LogP contribution in [0.5, 0.6) is 11.5 Å². The predicted octanol–water partition coefficient (Wildman–Crippen LogP) is 8.73. The summed E-state index contributed by atoms with van der Waals surface area (Å²) in [5.41, 5.74) is 1.03. The lowest BCUT2D eigenvalue weighted by atomic mass is 9.75. The Hall–Kier alpha value is -3.31. The highest BCUT2D eigenvalue weighted by molar-refractivity contribution is 7.99. The number of ether oxygens (including phenoxy) is 1. The Labute approximate surface area is 272 Å². The molecule has 7 nitrogen and oxygen atoms in total. The summed E-state index contributed by atoms with van der Waals surface area (Å²) >= 11 is 1.35. The van der Waals surface area contributed by atoms with Gasteiger partial charge in [0.2, 0.25) is 9.84 Å². The molecule has 0 unspecified atom stereocenters. The molecule has 0 aliphatic carbocycles. The Balaban J connectivity index is 0.000000598. The number of hydrogen-bond acceptors (Lipinski definition) is 7. The third-order valence-electron chi connectivity index (χ3n) is 7.33. The van der Waals surface area contributed by atoms with E-state index in [1.165, 1.54) is 29.5 Å². The number of phenolic OH excluding ortho intramolecular Hbond substituents is 1. The van der Waals surface area contributed by atoms with Gasteiger partial charge in [-0.3, -0.25) is 4.55 Å². The summed E-state index contributed by atoms with van der Waals surface area (Å²) in [6.45, 7) is 16.0. The second-order valence-corrected chi connectivity index (χ2v) is 17.1. The van der Waals surface area contributed by atoms with Crippen molar-refractivity contribution in [2.75, 3.05) is 0 Å². The van der Waals surface area contributed by atoms with Crippen molar-refractivity contribution < 1.29 is 31.2 Å². The molecule has 4 aromatic carbocycles. The molecule has 2 N–H and O–H groups in total. The van der Waals surface area contributed by atoms with Crippen LogP contribution < -0.4 is 4.74 Å². The summed E-state index contributed by atoms with van der Waals surface area (Å²) in [5, 5.41) is 8.76. The van der Waals surface area contributed by atoms with Crippen LogP contribution in [0.4, 0.5) is 0 Å². The first-order valence-corrected chi connectivity index (χ1v) is 18.1. The van der Waals surface area contributed by atoms with E-state index < -0.39 is 31.0 Å². The standard InChI is InChI=1S/C28H34O6S3.C7H8O/c1-19(2)28(6,7)25-17-8-20(34-27(3,4)5)18-26(25)36(29,30)23-13-9-21(10-14-23)35-22-11-15-24(16-12-22)37(31,32)33;1-6-2-4-7(8)5-3-6/h8-19H,1-7H3,(H,31,32,33);2-5,8H,1H3. The molecule has 4 aromatic rings. The van der Waals surface area contributed by atoms with Crippen molar-refractivity contribution in [3.8, 4) is 11.5 Å². The van der Waals surface area contributed by atoms with Gasteiger partial charge in [-0.2, -0.15) is 8.42 Å². The third kappa shape index (κ3) is 9.84. The van der Waals surface area contributed by atoms with Crippen LogP contribution >= 0.6 is 11.8 Å². The van der Waals surface area contributed by atoms with Gasteiger partial charge >= 0.3 is 0 Å². The van der Waals surface area contributed by atoms with Crippen molar-refractivity contribution >= 4 is 31.7 Å². The molecule has 0 radical (unpaired) electrons. The first kappa shape index (κ1) is 36.2. The number of sulfone groups is 1. The van der Waals surface area contributed by atoms with Crippen LogP contribution in [0.3, 0.4) is 0 Å². The van der Waals surface area contributed by atoms with Gasteiger partial charge in [-0.1, -0.05) is 63.2 Å². The van der Waals surface area contributed by atoms with E-state index in [4.69, 9.17) is 14.4 Å². The predicted molar refractivity (Wildman–Crippen MR) is 180 cm³/mol. The van der Waals surface area contributed by atoms with E-state index in [9.17, 15) is 16.8 Å². The minimum atomic E-state index is -4.26. The second-order valence-electron chi connectivity index (χ2n) is 12.6. The Morgan fingerprint density at radius 2 is 1.20 bits per heavy atom. The number of phenols is 1. The molecule has 0 aliphatic rings. The maximum Gasteiger partial charge on any atom is 0.294 e. The van der Waals surface area contributed by atoms with Gasteiger partial charge in [0.1, 0.15) is 17.1 Å². The molecule has 0 aromatic heterocycles. The van der Waals surface area contributed by atoms with Crippen molar-refractivity contribution in [3.63, 3.8) is 0 Å². The number of aryl methyl sites for hydroxylation is 1. The van der Waals surface area contributed by atoms with Crippen LogP contribution in [0, 0.1) is 12.8 Å². The van der Waals surface area contributed by atoms with E-state index in [1.54, 1.807) is 54.6 Å². The third-order valence-corrected chi connectivity index (χ3v) is 11.0. The molecule has 0 bridgehead atoms. The summed E-state index contributed by atoms with van der Waals surface area (Å²) < 4.78 is 65.4. The van der Waals surface area contributed by atoms with Gasteiger partial charge < -0.3 is 9.84 Å². The van der Waals surface area contributed by atoms with E-state index in [0.717, 1.165) is 15.4 Å². The molecule has 0 atom stereocenters. The molecule has 242 valence electrons. The summed E-state index contributed by atoms with van der Waals surface area (Å²) in [7, 11) is -8.12. The average Bonchev–Trinajstić information content (AvgIpc) is 2.94. The zero-order chi connectivity index (χ0) is 33.8. The van der Waals surface area contributed by atoms with Gasteiger partial charge in [-0.25, -0.2) is 8.42 Å². The van der Waals surface area contributed by atoms with Crippen molar-refractivity contribution in [1.82, 2.24) is 0 Å². The normalized spacial score (nSPS) is 12.4. The lowest BCUT2D eigenvalue weighted by molar-refractivity contribution is 0.130. The first-order chi connectivity index (χ1) is 20.7. The maximum atomic E-state index is 13.9. The number of rotatable bonds is 8. The van der Waals surface area contributed by atoms with Gasteiger partial charge in [-0.15, -0.1) is 0 Å². The highest BCUT2D eigenvalue weighted by atomic mass is 32.2. The summed E-state index contributed by atoms with van der Waals surface area (Å²) in [6, 6.07) is 24.8. The lowest BCUT2D eigenvalue weighted by Crippen LogP contribution is -2.27. The van der Waals surface area contributed by atoms with Gasteiger partial charge in [0.15, 0.2) is 0 Å². The molecule has 4 rings (SSSR count). The lowest BCUT2D eigenvalue weighted by Gasteiger charge is -2.32. The fraction of sp³-hybridized carbons (Fsp3) is 0.314. The Bertz CT molecular complexity index is 1780. The van der Waals surface area contributed by atoms with Gasteiger partial charge in [0.05, 0.1) is 14.7 Å². The van der Waals surface area contributed by atoms with Crippen molar-refractivity contribution in [2.24, 2.45) is 5.92 Å². The molecule has 0 saturated heterocycles. The van der Waals surface area contributed by atoms with Crippen LogP contribution in [0.15, 0.2) is 115 Å². The summed E-state index contributed by atoms with van der Waals surface area (Å²) in [6.07, 6.45) is 0. The van der Waals surface area contributed by atoms with Crippen molar-refractivity contribution in [1.29, 1.82) is 0 Å². The smallest absolute Gasteiger partial charge is 0.294 e. The minimum absolute atomic E-state index is 0.173. The Morgan fingerprint density at radius 1 is 0.711 bits per heavy atom. The van der Waals surface area contributed by atoms with E-state index in [2.05, 4.69) is 13.8 Å². The topological polar surface area (TPSA) is 118 Å². The average molecular weight is 671 g/mol. The molecule has 0 saturated carbocycles. The number of aromatic hydroxyl groups is 1. The molecule has 0 amide bonds. The van der Waals surface area contributed by atoms with Crippen LogP contribution in [0.25, 0.3) is 0 Å². The maximum absolute atomic E-state index is 13.9. The quantitative estimate of drug-likeness (QED) is 0.179. The van der Waals surface area contributed by atoms with Crippen molar-refractivity contribution in [3.05, 3.63) is 102 Å². The fourth-order valence-corrected chi connectivity index (χ4v) is 7.10. The number of hydrogen-bond donors (Lipinski definition) is 2. The van der Waals surface area contributed by atoms with Crippen LogP contribution in [-0.2, 0) is 25.4 Å². The fourth-order valence-electron chi connectivity index (χ4n) is 4.16. The van der Waals surface area contributed by atoms with Crippen LogP contribution in [0.1, 0.15) is 59.6 Å². The SMILES string of the molecule is CC(C)C(C)(C)c1ccc(OC(C)(C)C)cc1S(=O)(=O)c1ccc(Sc2ccc(S(=O)(=O)O)cc2)cc1.Cc1ccc(O)cc1. The Morgan fingerprint density at radius 3 is 1.62 bits per heavy atom. The zero-order valence-electron chi connectivity index (χ0n) is 26.9. The van der Waals surface area contributed by atoms with Crippen molar-refractivity contribution in [2.45, 2.75) is 90.9 Å². The van der Waals surface area contributed by atoms with E-state index in [-0.39, 0.29) is 20.6 Å². The van der Waals surface area contributed by atoms with E-state index in [1.807, 2.05) is 65.8 Å². The molecule has 0 fully saturated rings. The monoisotopic (exact) mass is 670 g/mol. The van der Waals surface area contributed by atoms with E-state index in [0.29, 0.717) is 11.5 Å². The molecule has 45 heavy (non-hydrogen) atoms. The number of benzene rings is 4. The molecular weight excluding hydrogens is 629 g/mol. The Kier molecular flexibility index (Phi) is 11.2. The first-order valence-electron chi connectivity index (χ1n) is 14.4. The van der Waals surface area contributed by atoms with Gasteiger partial charge in [0, 0.05) is 9.79 Å². The second kappa shape index (κ2) is 14.0. The minimum Gasteiger partial charge on any atom is -0.508 e. The molecule has 0 aliphatic heterocycles. The molecular formula is C35H42O7S3. The van der Waals surface area contributed by atoms with Gasteiger partial charge in [-0.05, 0) is 117 Å².